The Kier molecular flexibility index (Phi) is 14.4. The molecule has 0 aliphatic carbocycles. The minimum atomic E-state index is -0.583. The summed E-state index contributed by atoms with van der Waals surface area (Å²) in [4.78, 5) is 46.0. The summed E-state index contributed by atoms with van der Waals surface area (Å²) in [5.41, 5.74) is -1.99. The molecule has 2 atom stereocenters. The van der Waals surface area contributed by atoms with E-state index in [9.17, 15) is 9.59 Å². The third-order valence-corrected chi connectivity index (χ3v) is 5.14. The molecule has 0 aliphatic rings. The van der Waals surface area contributed by atoms with Crippen molar-refractivity contribution in [1.29, 1.82) is 0 Å². The van der Waals surface area contributed by atoms with Crippen LogP contribution in [-0.4, -0.2) is 58.1 Å². The molecule has 0 aliphatic heterocycles. The molecule has 8 nitrogen and oxygen atoms in total. The van der Waals surface area contributed by atoms with Gasteiger partial charge >= 0.3 is 11.9 Å². The minimum absolute atomic E-state index is 0.270. The molecule has 0 heterocycles. The summed E-state index contributed by atoms with van der Waals surface area (Å²) in [7, 11) is 0. The zero-order valence-corrected chi connectivity index (χ0v) is 24.9. The van der Waals surface area contributed by atoms with E-state index in [1.165, 1.54) is 11.8 Å². The predicted molar refractivity (Wildman–Crippen MR) is 139 cm³/mol. The molecule has 0 radical (unpaired) electrons. The molecule has 0 rings (SSSR count). The van der Waals surface area contributed by atoms with Gasteiger partial charge in [0.05, 0.1) is 24.0 Å². The van der Waals surface area contributed by atoms with Crippen LogP contribution in [0.4, 0.5) is 0 Å². The quantitative estimate of drug-likeness (QED) is 0.102. The summed E-state index contributed by atoms with van der Waals surface area (Å²) in [5.74, 6) is 0.612. The SMILES string of the molecule is CC(CC(C)(C)OOC(C)(C)C)OC(=O)CCSCCC(=O)OC(C)CC(C)(C)OOC(C)(C)C. The lowest BCUT2D eigenvalue weighted by molar-refractivity contribution is -0.399. The second-order valence-corrected chi connectivity index (χ2v) is 13.4. The Morgan fingerprint density at radius 1 is 0.600 bits per heavy atom. The van der Waals surface area contributed by atoms with Crippen molar-refractivity contribution < 1.29 is 38.6 Å². The number of rotatable bonds is 16. The Labute approximate surface area is 217 Å². The number of hydrogen-bond acceptors (Lipinski definition) is 9. The van der Waals surface area contributed by atoms with Gasteiger partial charge in [-0.2, -0.15) is 11.8 Å². The average molecular weight is 523 g/mol. The van der Waals surface area contributed by atoms with Crippen LogP contribution in [0.15, 0.2) is 0 Å². The Morgan fingerprint density at radius 2 is 0.914 bits per heavy atom. The van der Waals surface area contributed by atoms with Gasteiger partial charge in [0.25, 0.3) is 0 Å². The third kappa shape index (κ3) is 21.0. The second kappa shape index (κ2) is 14.8. The Hall–Kier alpha value is -0.870. The summed E-state index contributed by atoms with van der Waals surface area (Å²) in [6.07, 6.45) is 0.972. The number of ether oxygens (including phenoxy) is 2. The van der Waals surface area contributed by atoms with Gasteiger partial charge in [0.2, 0.25) is 0 Å². The van der Waals surface area contributed by atoms with E-state index >= 15 is 0 Å². The van der Waals surface area contributed by atoms with Crippen LogP contribution in [0.25, 0.3) is 0 Å². The molecule has 0 fully saturated rings. The first-order valence-electron chi connectivity index (χ1n) is 12.4. The summed E-state index contributed by atoms with van der Waals surface area (Å²) < 4.78 is 11.0. The molecule has 9 heteroatoms. The van der Waals surface area contributed by atoms with Gasteiger partial charge in [-0.3, -0.25) is 9.59 Å². The number of thioether (sulfide) groups is 1. The van der Waals surface area contributed by atoms with Crippen LogP contribution in [0, 0.1) is 0 Å². The van der Waals surface area contributed by atoms with Crippen molar-refractivity contribution in [3.8, 4) is 0 Å². The zero-order valence-electron chi connectivity index (χ0n) is 24.1. The lowest BCUT2D eigenvalue weighted by Gasteiger charge is -2.30. The highest BCUT2D eigenvalue weighted by Gasteiger charge is 2.29. The lowest BCUT2D eigenvalue weighted by Crippen LogP contribution is -2.34. The standard InChI is InChI=1S/C26H50O8S/c1-19(17-25(9,10)33-31-23(3,4)5)29-21(27)13-15-35-16-14-22(28)30-20(2)18-26(11,12)34-32-24(6,7)8/h19-20H,13-18H2,1-12H3. The zero-order chi connectivity index (χ0) is 27.5. The highest BCUT2D eigenvalue weighted by atomic mass is 32.2. The normalized spacial score (nSPS) is 15.0. The molecule has 208 valence electrons. The first-order valence-corrected chi connectivity index (χ1v) is 13.6. The molecule has 0 amide bonds. The fraction of sp³-hybridized carbons (Fsp3) is 0.923. The number of hydrogen-bond donors (Lipinski definition) is 0. The minimum Gasteiger partial charge on any atom is -0.463 e. The van der Waals surface area contributed by atoms with E-state index in [4.69, 9.17) is 29.0 Å². The molecule has 0 saturated heterocycles. The van der Waals surface area contributed by atoms with E-state index < -0.39 is 22.4 Å². The van der Waals surface area contributed by atoms with Gasteiger partial charge < -0.3 is 9.47 Å². The fourth-order valence-electron chi connectivity index (χ4n) is 2.99. The molecule has 35 heavy (non-hydrogen) atoms. The van der Waals surface area contributed by atoms with Crippen LogP contribution in [0.2, 0.25) is 0 Å². The van der Waals surface area contributed by atoms with Gasteiger partial charge in [-0.25, -0.2) is 19.6 Å². The van der Waals surface area contributed by atoms with E-state index in [0.29, 0.717) is 24.3 Å². The van der Waals surface area contributed by atoms with Crippen molar-refractivity contribution in [2.24, 2.45) is 0 Å². The van der Waals surface area contributed by atoms with Gasteiger partial charge in [-0.05, 0) is 83.1 Å². The Balaban J connectivity index is 4.09. The summed E-state index contributed by atoms with van der Waals surface area (Å²) in [5, 5.41) is 0. The van der Waals surface area contributed by atoms with Crippen molar-refractivity contribution in [2.75, 3.05) is 11.5 Å². The van der Waals surface area contributed by atoms with E-state index in [2.05, 4.69) is 0 Å². The van der Waals surface area contributed by atoms with Gasteiger partial charge in [0, 0.05) is 24.3 Å². The molecular formula is C26H50O8S. The molecule has 0 aromatic rings. The summed E-state index contributed by atoms with van der Waals surface area (Å²) in [6, 6.07) is 0. The lowest BCUT2D eigenvalue weighted by atomic mass is 10.0. The van der Waals surface area contributed by atoms with Gasteiger partial charge in [-0.15, -0.1) is 0 Å². The number of carbonyl (C=O) groups is 2. The molecule has 0 bridgehead atoms. The first kappa shape index (κ1) is 34.1. The molecule has 0 aromatic heterocycles. The van der Waals surface area contributed by atoms with Crippen molar-refractivity contribution in [1.82, 2.24) is 0 Å². The fourth-order valence-corrected chi connectivity index (χ4v) is 3.82. The monoisotopic (exact) mass is 522 g/mol. The highest BCUT2D eigenvalue weighted by Crippen LogP contribution is 2.24. The Morgan fingerprint density at radius 3 is 1.20 bits per heavy atom. The van der Waals surface area contributed by atoms with Crippen molar-refractivity contribution in [3.63, 3.8) is 0 Å². The van der Waals surface area contributed by atoms with E-state index in [1.54, 1.807) is 0 Å². The summed E-state index contributed by atoms with van der Waals surface area (Å²) in [6.45, 7) is 22.7. The highest BCUT2D eigenvalue weighted by molar-refractivity contribution is 7.99. The molecule has 2 unspecified atom stereocenters. The van der Waals surface area contributed by atoms with Crippen LogP contribution < -0.4 is 0 Å². The van der Waals surface area contributed by atoms with E-state index in [1.807, 2.05) is 83.1 Å². The van der Waals surface area contributed by atoms with Gasteiger partial charge in [0.1, 0.15) is 23.4 Å². The van der Waals surface area contributed by atoms with Crippen LogP contribution >= 0.6 is 11.8 Å². The van der Waals surface area contributed by atoms with Crippen LogP contribution in [0.1, 0.15) is 109 Å². The predicted octanol–water partition coefficient (Wildman–Crippen LogP) is 6.19. The Bertz CT molecular complexity index is 580. The van der Waals surface area contributed by atoms with Gasteiger partial charge in [0.15, 0.2) is 0 Å². The molecule has 0 spiro atoms. The molecule has 0 aromatic carbocycles. The molecular weight excluding hydrogens is 472 g/mol. The van der Waals surface area contributed by atoms with Crippen molar-refractivity contribution >= 4 is 23.7 Å². The maximum absolute atomic E-state index is 12.1. The van der Waals surface area contributed by atoms with E-state index in [0.717, 1.165) is 0 Å². The largest absolute Gasteiger partial charge is 0.463 e. The maximum Gasteiger partial charge on any atom is 0.306 e. The molecule has 0 saturated carbocycles. The number of esters is 2. The third-order valence-electron chi connectivity index (χ3n) is 4.16. The number of carbonyl (C=O) groups excluding carboxylic acids is 2. The first-order chi connectivity index (χ1) is 15.7. The van der Waals surface area contributed by atoms with Crippen molar-refractivity contribution in [2.45, 2.75) is 143 Å². The summed E-state index contributed by atoms with van der Waals surface area (Å²) >= 11 is 1.52. The maximum atomic E-state index is 12.1. The van der Waals surface area contributed by atoms with Crippen LogP contribution in [0.3, 0.4) is 0 Å². The molecule has 0 N–H and O–H groups in total. The van der Waals surface area contributed by atoms with Crippen LogP contribution in [0.5, 0.6) is 0 Å². The topological polar surface area (TPSA) is 89.5 Å². The van der Waals surface area contributed by atoms with Crippen LogP contribution in [-0.2, 0) is 38.6 Å². The van der Waals surface area contributed by atoms with E-state index in [-0.39, 0.29) is 37.0 Å². The second-order valence-electron chi connectivity index (χ2n) is 12.2. The van der Waals surface area contributed by atoms with Crippen molar-refractivity contribution in [3.05, 3.63) is 0 Å². The smallest absolute Gasteiger partial charge is 0.306 e. The van der Waals surface area contributed by atoms with Gasteiger partial charge in [-0.1, -0.05) is 0 Å². The average Bonchev–Trinajstić information content (AvgIpc) is 2.62.